The minimum absolute atomic E-state index is 0.137. The SMILES string of the molecule is NC(=O)C[C@@H]1CC2C[C@@H]1CN2. The van der Waals surface area contributed by atoms with Crippen molar-refractivity contribution in [3.05, 3.63) is 0 Å². The number of hydrogen-bond acceptors (Lipinski definition) is 2. The highest BCUT2D eigenvalue weighted by molar-refractivity contribution is 5.74. The van der Waals surface area contributed by atoms with Gasteiger partial charge in [-0.1, -0.05) is 0 Å². The van der Waals surface area contributed by atoms with Gasteiger partial charge < -0.3 is 11.1 Å². The molecule has 1 heterocycles. The Bertz CT molecular complexity index is 181. The Kier molecular flexibility index (Phi) is 1.60. The van der Waals surface area contributed by atoms with Crippen LogP contribution in [0.15, 0.2) is 0 Å². The summed E-state index contributed by atoms with van der Waals surface area (Å²) in [6.45, 7) is 1.10. The molecule has 1 unspecified atom stereocenters. The average molecular weight is 154 g/mol. The van der Waals surface area contributed by atoms with E-state index < -0.39 is 0 Å². The first-order valence-corrected chi connectivity index (χ1v) is 4.27. The Morgan fingerprint density at radius 1 is 1.55 bits per heavy atom. The van der Waals surface area contributed by atoms with Crippen LogP contribution < -0.4 is 11.1 Å². The lowest BCUT2D eigenvalue weighted by molar-refractivity contribution is -0.119. The van der Waals surface area contributed by atoms with E-state index in [1.54, 1.807) is 0 Å². The summed E-state index contributed by atoms with van der Waals surface area (Å²) >= 11 is 0. The van der Waals surface area contributed by atoms with Crippen molar-refractivity contribution in [2.24, 2.45) is 17.6 Å². The van der Waals surface area contributed by atoms with Gasteiger partial charge in [-0.3, -0.25) is 4.79 Å². The molecule has 0 spiro atoms. The molecule has 0 aromatic heterocycles. The molecule has 2 bridgehead atoms. The molecule has 0 aromatic rings. The van der Waals surface area contributed by atoms with E-state index in [1.807, 2.05) is 0 Å². The van der Waals surface area contributed by atoms with Crippen molar-refractivity contribution < 1.29 is 4.79 Å². The zero-order chi connectivity index (χ0) is 7.84. The lowest BCUT2D eigenvalue weighted by atomic mass is 9.92. The summed E-state index contributed by atoms with van der Waals surface area (Å²) in [4.78, 5) is 10.6. The topological polar surface area (TPSA) is 55.1 Å². The van der Waals surface area contributed by atoms with Crippen LogP contribution in [0.2, 0.25) is 0 Å². The highest BCUT2D eigenvalue weighted by atomic mass is 16.1. The number of carbonyl (C=O) groups is 1. The van der Waals surface area contributed by atoms with Crippen molar-refractivity contribution in [2.45, 2.75) is 25.3 Å². The van der Waals surface area contributed by atoms with Gasteiger partial charge in [0, 0.05) is 12.5 Å². The fourth-order valence-electron chi connectivity index (χ4n) is 2.46. The van der Waals surface area contributed by atoms with Crippen molar-refractivity contribution in [1.82, 2.24) is 5.32 Å². The maximum Gasteiger partial charge on any atom is 0.217 e. The van der Waals surface area contributed by atoms with Crippen LogP contribution in [-0.2, 0) is 4.79 Å². The summed E-state index contributed by atoms with van der Waals surface area (Å²) in [5.41, 5.74) is 5.14. The van der Waals surface area contributed by atoms with Crippen molar-refractivity contribution >= 4 is 5.91 Å². The van der Waals surface area contributed by atoms with E-state index in [1.165, 1.54) is 6.42 Å². The Labute approximate surface area is 66.3 Å². The molecule has 1 aliphatic heterocycles. The first-order valence-electron chi connectivity index (χ1n) is 4.27. The Morgan fingerprint density at radius 2 is 2.36 bits per heavy atom. The Morgan fingerprint density at radius 3 is 2.82 bits per heavy atom. The maximum atomic E-state index is 10.6. The van der Waals surface area contributed by atoms with E-state index in [9.17, 15) is 4.79 Å². The van der Waals surface area contributed by atoms with Crippen LogP contribution >= 0.6 is 0 Å². The molecule has 0 radical (unpaired) electrons. The summed E-state index contributed by atoms with van der Waals surface area (Å²) in [7, 11) is 0. The van der Waals surface area contributed by atoms with Gasteiger partial charge in [0.1, 0.15) is 0 Å². The van der Waals surface area contributed by atoms with Gasteiger partial charge in [0.05, 0.1) is 0 Å². The minimum Gasteiger partial charge on any atom is -0.370 e. The molecular formula is C8H14N2O. The number of piperidine rings is 1. The summed E-state index contributed by atoms with van der Waals surface area (Å²) in [5.74, 6) is 1.17. The number of nitrogens with two attached hydrogens (primary N) is 1. The van der Waals surface area contributed by atoms with Gasteiger partial charge in [-0.05, 0) is 31.2 Å². The quantitative estimate of drug-likeness (QED) is 0.581. The van der Waals surface area contributed by atoms with Gasteiger partial charge in [0.25, 0.3) is 0 Å². The molecule has 3 nitrogen and oxygen atoms in total. The summed E-state index contributed by atoms with van der Waals surface area (Å²) in [5, 5.41) is 3.41. The molecule has 1 aliphatic carbocycles. The molecule has 0 aromatic carbocycles. The molecule has 1 amide bonds. The molecule has 3 N–H and O–H groups in total. The Balaban J connectivity index is 1.92. The van der Waals surface area contributed by atoms with Crippen LogP contribution in [0.4, 0.5) is 0 Å². The molecular weight excluding hydrogens is 140 g/mol. The number of amides is 1. The fraction of sp³-hybridized carbons (Fsp3) is 0.875. The lowest BCUT2D eigenvalue weighted by Crippen LogP contribution is -2.31. The highest BCUT2D eigenvalue weighted by Gasteiger charge is 2.39. The first-order chi connectivity index (χ1) is 5.25. The third-order valence-electron chi connectivity index (χ3n) is 2.97. The van der Waals surface area contributed by atoms with Crippen LogP contribution in [0.25, 0.3) is 0 Å². The highest BCUT2D eigenvalue weighted by Crippen LogP contribution is 2.38. The number of carbonyl (C=O) groups excluding carboxylic acids is 1. The summed E-state index contributed by atoms with van der Waals surface area (Å²) < 4.78 is 0. The van der Waals surface area contributed by atoms with E-state index >= 15 is 0 Å². The number of nitrogens with one attached hydrogen (secondary N) is 1. The summed E-state index contributed by atoms with van der Waals surface area (Å²) in [6.07, 6.45) is 3.02. The zero-order valence-corrected chi connectivity index (χ0v) is 6.55. The van der Waals surface area contributed by atoms with Crippen LogP contribution in [-0.4, -0.2) is 18.5 Å². The molecule has 2 fully saturated rings. The number of primary amides is 1. The van der Waals surface area contributed by atoms with Crippen LogP contribution in [0.5, 0.6) is 0 Å². The largest absolute Gasteiger partial charge is 0.370 e. The van der Waals surface area contributed by atoms with Crippen molar-refractivity contribution in [2.75, 3.05) is 6.54 Å². The van der Waals surface area contributed by atoms with E-state index in [2.05, 4.69) is 5.32 Å². The van der Waals surface area contributed by atoms with E-state index in [0.29, 0.717) is 18.4 Å². The second-order valence-electron chi connectivity index (χ2n) is 3.77. The number of fused-ring (bicyclic) bond motifs is 2. The van der Waals surface area contributed by atoms with Gasteiger partial charge >= 0.3 is 0 Å². The molecule has 3 atom stereocenters. The predicted octanol–water partition coefficient (Wildman–Crippen LogP) is -0.140. The fourth-order valence-corrected chi connectivity index (χ4v) is 2.46. The normalized spacial score (nSPS) is 41.3. The molecule has 2 aliphatic rings. The summed E-state index contributed by atoms with van der Waals surface area (Å²) in [6, 6.07) is 0.685. The zero-order valence-electron chi connectivity index (χ0n) is 6.55. The second-order valence-corrected chi connectivity index (χ2v) is 3.77. The molecule has 1 saturated carbocycles. The second kappa shape index (κ2) is 2.48. The monoisotopic (exact) mass is 154 g/mol. The van der Waals surface area contributed by atoms with E-state index in [4.69, 9.17) is 5.73 Å². The lowest BCUT2D eigenvalue weighted by Gasteiger charge is -2.20. The molecule has 62 valence electrons. The van der Waals surface area contributed by atoms with E-state index in [-0.39, 0.29) is 5.91 Å². The molecule has 2 rings (SSSR count). The van der Waals surface area contributed by atoms with Gasteiger partial charge in [0.2, 0.25) is 5.91 Å². The smallest absolute Gasteiger partial charge is 0.217 e. The maximum absolute atomic E-state index is 10.6. The van der Waals surface area contributed by atoms with Gasteiger partial charge in [0.15, 0.2) is 0 Å². The van der Waals surface area contributed by atoms with Gasteiger partial charge in [-0.15, -0.1) is 0 Å². The third kappa shape index (κ3) is 1.25. The van der Waals surface area contributed by atoms with Crippen LogP contribution in [0.1, 0.15) is 19.3 Å². The molecule has 3 heteroatoms. The first kappa shape index (κ1) is 7.10. The van der Waals surface area contributed by atoms with Crippen molar-refractivity contribution in [3.63, 3.8) is 0 Å². The third-order valence-corrected chi connectivity index (χ3v) is 2.97. The van der Waals surface area contributed by atoms with Gasteiger partial charge in [-0.25, -0.2) is 0 Å². The standard InChI is InChI=1S/C8H14N2O/c9-8(11)3-5-1-7-2-6(5)4-10-7/h5-7,10H,1-4H2,(H2,9,11)/t5-,6+,7?/m0/s1. The number of rotatable bonds is 2. The Hall–Kier alpha value is -0.570. The predicted molar refractivity (Wildman–Crippen MR) is 41.8 cm³/mol. The van der Waals surface area contributed by atoms with Crippen LogP contribution in [0.3, 0.4) is 0 Å². The van der Waals surface area contributed by atoms with Gasteiger partial charge in [-0.2, -0.15) is 0 Å². The van der Waals surface area contributed by atoms with Crippen molar-refractivity contribution in [3.8, 4) is 0 Å². The number of hydrogen-bond donors (Lipinski definition) is 2. The van der Waals surface area contributed by atoms with Crippen molar-refractivity contribution in [1.29, 1.82) is 0 Å². The molecule has 1 saturated heterocycles. The average Bonchev–Trinajstić information content (AvgIpc) is 2.45. The van der Waals surface area contributed by atoms with E-state index in [0.717, 1.165) is 18.9 Å². The minimum atomic E-state index is -0.137. The van der Waals surface area contributed by atoms with Crippen LogP contribution in [0, 0.1) is 11.8 Å². The molecule has 11 heavy (non-hydrogen) atoms.